The van der Waals surface area contributed by atoms with Crippen molar-refractivity contribution in [3.05, 3.63) is 53.0 Å². The van der Waals surface area contributed by atoms with Gasteiger partial charge in [0.15, 0.2) is 17.2 Å². The highest BCUT2D eigenvalue weighted by Gasteiger charge is 2.23. The van der Waals surface area contributed by atoms with Gasteiger partial charge in [-0.3, -0.25) is 18.5 Å². The minimum absolute atomic E-state index is 0.00198. The van der Waals surface area contributed by atoms with Crippen LogP contribution in [0.3, 0.4) is 0 Å². The summed E-state index contributed by atoms with van der Waals surface area (Å²) in [5.74, 6) is -0.752. The summed E-state index contributed by atoms with van der Waals surface area (Å²) >= 11 is 0. The van der Waals surface area contributed by atoms with Crippen molar-refractivity contribution in [3.8, 4) is 23.0 Å². The largest absolute Gasteiger partial charge is 0.493 e. The minimum Gasteiger partial charge on any atom is -0.493 e. The number of sulfonamides is 1. The molecular weight excluding hydrogens is 517 g/mol. The molecule has 0 aliphatic rings. The summed E-state index contributed by atoms with van der Waals surface area (Å²) in [5, 5.41) is 3.91. The third-order valence-corrected chi connectivity index (χ3v) is 7.06. The number of hydrogen-bond acceptors (Lipinski definition) is 7. The quantitative estimate of drug-likeness (QED) is 0.302. The van der Waals surface area contributed by atoms with Crippen LogP contribution in [0.2, 0.25) is 0 Å². The van der Waals surface area contributed by atoms with E-state index < -0.39 is 15.8 Å². The smallest absolute Gasteiger partial charge is 0.328 e. The highest BCUT2D eigenvalue weighted by atomic mass is 32.2. The SMILES string of the molecule is CCCOc1cc(OCCC)c(F)c(Oc2cc3c(cc2NS(=O)(=O)c2cnn(C)c2)n(C)c(=O)n3C)c1. The Morgan fingerprint density at radius 2 is 1.55 bits per heavy atom. The van der Waals surface area contributed by atoms with Crippen LogP contribution in [-0.4, -0.2) is 40.5 Å². The normalized spacial score (nSPS) is 11.6. The lowest BCUT2D eigenvalue weighted by molar-refractivity contribution is 0.284. The van der Waals surface area contributed by atoms with Gasteiger partial charge in [-0.25, -0.2) is 13.2 Å². The Balaban J connectivity index is 1.85. The van der Waals surface area contributed by atoms with Crippen LogP contribution in [0, 0.1) is 5.82 Å². The first-order chi connectivity index (χ1) is 18.1. The fraction of sp³-hybridized carbons (Fsp3) is 0.360. The molecule has 0 bridgehead atoms. The summed E-state index contributed by atoms with van der Waals surface area (Å²) < 4.78 is 65.5. The van der Waals surface area contributed by atoms with E-state index in [1.165, 1.54) is 50.5 Å². The lowest BCUT2D eigenvalue weighted by Crippen LogP contribution is -2.19. The van der Waals surface area contributed by atoms with Crippen molar-refractivity contribution in [2.45, 2.75) is 31.6 Å². The second-order valence-electron chi connectivity index (χ2n) is 8.73. The monoisotopic (exact) mass is 547 g/mol. The molecule has 38 heavy (non-hydrogen) atoms. The highest BCUT2D eigenvalue weighted by molar-refractivity contribution is 7.92. The number of halogens is 1. The number of benzene rings is 2. The van der Waals surface area contributed by atoms with Gasteiger partial charge in [0.25, 0.3) is 10.0 Å². The van der Waals surface area contributed by atoms with Gasteiger partial charge < -0.3 is 14.2 Å². The average Bonchev–Trinajstić information content (AvgIpc) is 3.41. The number of fused-ring (bicyclic) bond motifs is 1. The van der Waals surface area contributed by atoms with E-state index in [-0.39, 0.29) is 40.1 Å². The molecule has 0 radical (unpaired) electrons. The molecule has 0 saturated heterocycles. The van der Waals surface area contributed by atoms with Crippen LogP contribution in [0.4, 0.5) is 10.1 Å². The predicted molar refractivity (Wildman–Crippen MR) is 140 cm³/mol. The minimum atomic E-state index is -4.09. The number of aromatic nitrogens is 4. The lowest BCUT2D eigenvalue weighted by atomic mass is 10.2. The number of nitrogens with zero attached hydrogens (tertiary/aromatic N) is 4. The number of imidazole rings is 1. The van der Waals surface area contributed by atoms with Crippen molar-refractivity contribution in [2.75, 3.05) is 17.9 Å². The first-order valence-electron chi connectivity index (χ1n) is 12.0. The number of rotatable bonds is 11. The third-order valence-electron chi connectivity index (χ3n) is 5.74. The van der Waals surface area contributed by atoms with E-state index in [2.05, 4.69) is 9.82 Å². The van der Waals surface area contributed by atoms with Gasteiger partial charge in [0.2, 0.25) is 5.82 Å². The lowest BCUT2D eigenvalue weighted by Gasteiger charge is -2.17. The number of nitrogens with one attached hydrogen (secondary N) is 1. The van der Waals surface area contributed by atoms with Crippen molar-refractivity contribution in [1.82, 2.24) is 18.9 Å². The van der Waals surface area contributed by atoms with E-state index >= 15 is 4.39 Å². The van der Waals surface area contributed by atoms with Gasteiger partial charge in [0.1, 0.15) is 10.6 Å². The first-order valence-corrected chi connectivity index (χ1v) is 13.5. The average molecular weight is 548 g/mol. The molecule has 0 amide bonds. The zero-order chi connectivity index (χ0) is 27.6. The summed E-state index contributed by atoms with van der Waals surface area (Å²) in [6.07, 6.45) is 3.93. The van der Waals surface area contributed by atoms with Crippen LogP contribution in [0.5, 0.6) is 23.0 Å². The fourth-order valence-electron chi connectivity index (χ4n) is 3.79. The molecule has 2 aromatic heterocycles. The Hall–Kier alpha value is -4.00. The Kier molecular flexibility index (Phi) is 7.67. The fourth-order valence-corrected chi connectivity index (χ4v) is 4.84. The van der Waals surface area contributed by atoms with Gasteiger partial charge >= 0.3 is 5.69 Å². The molecule has 0 atom stereocenters. The van der Waals surface area contributed by atoms with Crippen molar-refractivity contribution < 1.29 is 27.0 Å². The van der Waals surface area contributed by atoms with Crippen LogP contribution in [0.1, 0.15) is 26.7 Å². The molecule has 1 N–H and O–H groups in total. The van der Waals surface area contributed by atoms with Gasteiger partial charge in [-0.15, -0.1) is 0 Å². The number of anilines is 1. The number of hydrogen-bond donors (Lipinski definition) is 1. The molecule has 11 nitrogen and oxygen atoms in total. The van der Waals surface area contributed by atoms with Gasteiger partial charge in [-0.05, 0) is 18.9 Å². The molecule has 0 aliphatic heterocycles. The van der Waals surface area contributed by atoms with Crippen LogP contribution in [0.25, 0.3) is 11.0 Å². The molecule has 2 aromatic carbocycles. The van der Waals surface area contributed by atoms with Gasteiger partial charge in [0.05, 0.1) is 36.1 Å². The van der Waals surface area contributed by atoms with E-state index in [1.807, 2.05) is 13.8 Å². The van der Waals surface area contributed by atoms with Crippen molar-refractivity contribution in [2.24, 2.45) is 21.1 Å². The van der Waals surface area contributed by atoms with E-state index in [1.54, 1.807) is 21.1 Å². The Labute approximate surface area is 219 Å². The summed E-state index contributed by atoms with van der Waals surface area (Å²) in [6.45, 7) is 4.51. The molecule has 2 heterocycles. The molecule has 0 unspecified atom stereocenters. The van der Waals surface area contributed by atoms with Crippen LogP contribution >= 0.6 is 0 Å². The van der Waals surface area contributed by atoms with E-state index in [0.29, 0.717) is 29.8 Å². The summed E-state index contributed by atoms with van der Waals surface area (Å²) in [4.78, 5) is 12.5. The van der Waals surface area contributed by atoms with Crippen LogP contribution in [-0.2, 0) is 31.2 Å². The van der Waals surface area contributed by atoms with Crippen molar-refractivity contribution >= 4 is 26.7 Å². The highest BCUT2D eigenvalue weighted by Crippen LogP contribution is 2.40. The number of aryl methyl sites for hydroxylation is 3. The molecule has 4 rings (SSSR count). The zero-order valence-electron chi connectivity index (χ0n) is 21.8. The summed E-state index contributed by atoms with van der Waals surface area (Å²) in [5.41, 5.74) is 0.576. The molecule has 0 saturated carbocycles. The van der Waals surface area contributed by atoms with Gasteiger partial charge in [-0.2, -0.15) is 9.49 Å². The standard InChI is InChI=1S/C25H30FN5O6S/c1-6-8-35-16-10-22(36-9-7-2)24(26)23(11-16)37-21-13-20-19(30(4)25(32)31(20)5)12-18(21)28-38(33,34)17-14-27-29(3)15-17/h10-15,28H,6-9H2,1-5H3. The second kappa shape index (κ2) is 10.8. The first kappa shape index (κ1) is 27.0. The van der Waals surface area contributed by atoms with E-state index in [9.17, 15) is 13.2 Å². The topological polar surface area (TPSA) is 119 Å². The third kappa shape index (κ3) is 5.32. The molecule has 0 aliphatic carbocycles. The maximum Gasteiger partial charge on any atom is 0.328 e. The molecular formula is C25H30FN5O6S. The van der Waals surface area contributed by atoms with Gasteiger partial charge in [-0.1, -0.05) is 13.8 Å². The van der Waals surface area contributed by atoms with Crippen molar-refractivity contribution in [3.63, 3.8) is 0 Å². The summed E-state index contributed by atoms with van der Waals surface area (Å²) in [6, 6.07) is 5.76. The summed E-state index contributed by atoms with van der Waals surface area (Å²) in [7, 11) is 0.637. The number of ether oxygens (including phenoxy) is 3. The maximum atomic E-state index is 15.5. The molecule has 204 valence electrons. The Morgan fingerprint density at radius 1 is 0.921 bits per heavy atom. The van der Waals surface area contributed by atoms with Crippen LogP contribution < -0.4 is 24.6 Å². The second-order valence-corrected chi connectivity index (χ2v) is 10.4. The predicted octanol–water partition coefficient (Wildman–Crippen LogP) is 3.92. The van der Waals surface area contributed by atoms with Gasteiger partial charge in [0, 0.05) is 45.5 Å². The molecule has 0 fully saturated rings. The van der Waals surface area contributed by atoms with E-state index in [4.69, 9.17) is 14.2 Å². The molecule has 4 aromatic rings. The Bertz CT molecular complexity index is 1640. The zero-order valence-corrected chi connectivity index (χ0v) is 22.6. The van der Waals surface area contributed by atoms with Crippen LogP contribution in [0.15, 0.2) is 46.3 Å². The van der Waals surface area contributed by atoms with Crippen molar-refractivity contribution in [1.29, 1.82) is 0 Å². The molecule has 0 spiro atoms. The maximum absolute atomic E-state index is 15.5. The Morgan fingerprint density at radius 3 is 2.18 bits per heavy atom. The molecule has 13 heteroatoms. The van der Waals surface area contributed by atoms with E-state index in [0.717, 1.165) is 6.42 Å².